The van der Waals surface area contributed by atoms with E-state index < -0.39 is 5.60 Å². The van der Waals surface area contributed by atoms with Crippen molar-refractivity contribution in [3.63, 3.8) is 0 Å². The van der Waals surface area contributed by atoms with Crippen LogP contribution in [0.4, 0.5) is 0 Å². The van der Waals surface area contributed by atoms with E-state index in [0.717, 1.165) is 31.7 Å². The molecule has 4 heteroatoms. The number of carbonyl (C=O) groups excluding carboxylic acids is 1. The number of nitrogens with zero attached hydrogens (tertiary/aromatic N) is 1. The SMILES string of the molecule is CC(C)(C)OC(=O)C(c1ccccc1)N1CCNCC1. The fourth-order valence-corrected chi connectivity index (χ4v) is 2.43. The Morgan fingerprint density at radius 1 is 1.20 bits per heavy atom. The lowest BCUT2D eigenvalue weighted by Crippen LogP contribution is -2.48. The summed E-state index contributed by atoms with van der Waals surface area (Å²) in [4.78, 5) is 14.8. The monoisotopic (exact) mass is 276 g/mol. The van der Waals surface area contributed by atoms with E-state index in [-0.39, 0.29) is 12.0 Å². The third-order valence-corrected chi connectivity index (χ3v) is 3.26. The highest BCUT2D eigenvalue weighted by Crippen LogP contribution is 2.24. The summed E-state index contributed by atoms with van der Waals surface area (Å²) >= 11 is 0. The second kappa shape index (κ2) is 6.37. The second-order valence-corrected chi connectivity index (χ2v) is 6.13. The molecular formula is C16H24N2O2. The Balaban J connectivity index is 2.22. The van der Waals surface area contributed by atoms with Crippen LogP contribution in [0.2, 0.25) is 0 Å². The number of ether oxygens (including phenoxy) is 1. The molecule has 1 atom stereocenters. The van der Waals surface area contributed by atoms with Gasteiger partial charge in [-0.15, -0.1) is 0 Å². The van der Waals surface area contributed by atoms with Crippen LogP contribution in [0.15, 0.2) is 30.3 Å². The molecule has 1 saturated heterocycles. The van der Waals surface area contributed by atoms with E-state index in [1.54, 1.807) is 0 Å². The Bertz CT molecular complexity index is 434. The maximum atomic E-state index is 12.6. The van der Waals surface area contributed by atoms with Gasteiger partial charge in [-0.25, -0.2) is 4.79 Å². The summed E-state index contributed by atoms with van der Waals surface area (Å²) in [5.74, 6) is -0.161. The zero-order valence-corrected chi connectivity index (χ0v) is 12.6. The predicted molar refractivity (Wildman–Crippen MR) is 79.5 cm³/mol. The van der Waals surface area contributed by atoms with E-state index >= 15 is 0 Å². The number of hydrogen-bond donors (Lipinski definition) is 1. The first-order valence-electron chi connectivity index (χ1n) is 7.20. The van der Waals surface area contributed by atoms with Crippen molar-refractivity contribution in [2.75, 3.05) is 26.2 Å². The van der Waals surface area contributed by atoms with Crippen molar-refractivity contribution >= 4 is 5.97 Å². The summed E-state index contributed by atoms with van der Waals surface area (Å²) in [6.45, 7) is 9.26. The molecule has 1 aromatic carbocycles. The molecule has 1 unspecified atom stereocenters. The fourth-order valence-electron chi connectivity index (χ4n) is 2.43. The van der Waals surface area contributed by atoms with Gasteiger partial charge in [0.25, 0.3) is 0 Å². The van der Waals surface area contributed by atoms with E-state index in [2.05, 4.69) is 10.2 Å². The van der Waals surface area contributed by atoms with E-state index in [9.17, 15) is 4.79 Å². The third-order valence-electron chi connectivity index (χ3n) is 3.26. The Morgan fingerprint density at radius 3 is 2.35 bits per heavy atom. The number of benzene rings is 1. The molecule has 0 aliphatic carbocycles. The predicted octanol–water partition coefficient (Wildman–Crippen LogP) is 1.97. The zero-order chi connectivity index (χ0) is 14.6. The maximum absolute atomic E-state index is 12.6. The van der Waals surface area contributed by atoms with E-state index in [1.807, 2.05) is 51.1 Å². The lowest BCUT2D eigenvalue weighted by Gasteiger charge is -2.35. The molecule has 110 valence electrons. The van der Waals surface area contributed by atoms with Gasteiger partial charge in [0.05, 0.1) is 0 Å². The second-order valence-electron chi connectivity index (χ2n) is 6.13. The summed E-state index contributed by atoms with van der Waals surface area (Å²) in [5.41, 5.74) is 0.543. The van der Waals surface area contributed by atoms with Gasteiger partial charge in [-0.2, -0.15) is 0 Å². The standard InChI is InChI=1S/C16H24N2O2/c1-16(2,3)20-15(19)14(13-7-5-4-6-8-13)18-11-9-17-10-12-18/h4-8,14,17H,9-12H2,1-3H3. The van der Waals surface area contributed by atoms with Gasteiger partial charge in [0.15, 0.2) is 0 Å². The molecule has 0 radical (unpaired) electrons. The van der Waals surface area contributed by atoms with Crippen LogP contribution >= 0.6 is 0 Å². The average Bonchev–Trinajstić information content (AvgIpc) is 2.39. The molecule has 0 bridgehead atoms. The molecule has 20 heavy (non-hydrogen) atoms. The van der Waals surface area contributed by atoms with Gasteiger partial charge in [-0.05, 0) is 26.3 Å². The van der Waals surface area contributed by atoms with Gasteiger partial charge in [-0.1, -0.05) is 30.3 Å². The normalized spacial score (nSPS) is 18.6. The molecule has 2 rings (SSSR count). The van der Waals surface area contributed by atoms with Gasteiger partial charge >= 0.3 is 5.97 Å². The Morgan fingerprint density at radius 2 is 1.80 bits per heavy atom. The largest absolute Gasteiger partial charge is 0.459 e. The smallest absolute Gasteiger partial charge is 0.328 e. The Hall–Kier alpha value is -1.39. The molecule has 1 fully saturated rings. The summed E-state index contributed by atoms with van der Waals surface area (Å²) in [6, 6.07) is 9.59. The lowest BCUT2D eigenvalue weighted by atomic mass is 10.0. The first-order valence-corrected chi connectivity index (χ1v) is 7.20. The van der Waals surface area contributed by atoms with Crippen molar-refractivity contribution in [3.05, 3.63) is 35.9 Å². The highest BCUT2D eigenvalue weighted by atomic mass is 16.6. The van der Waals surface area contributed by atoms with Gasteiger partial charge < -0.3 is 10.1 Å². The fraction of sp³-hybridized carbons (Fsp3) is 0.562. The van der Waals surface area contributed by atoms with E-state index in [4.69, 9.17) is 4.74 Å². The van der Waals surface area contributed by atoms with E-state index in [1.165, 1.54) is 0 Å². The lowest BCUT2D eigenvalue weighted by molar-refractivity contribution is -0.162. The molecular weight excluding hydrogens is 252 g/mol. The number of nitrogens with one attached hydrogen (secondary N) is 1. The minimum atomic E-state index is -0.460. The van der Waals surface area contributed by atoms with Crippen LogP contribution in [0.25, 0.3) is 0 Å². The molecule has 0 aromatic heterocycles. The highest BCUT2D eigenvalue weighted by molar-refractivity contribution is 5.78. The van der Waals surface area contributed by atoms with Crippen LogP contribution in [0, 0.1) is 0 Å². The van der Waals surface area contributed by atoms with Gasteiger partial charge in [0.1, 0.15) is 11.6 Å². The molecule has 0 amide bonds. The number of esters is 1. The first-order chi connectivity index (χ1) is 9.47. The topological polar surface area (TPSA) is 41.6 Å². The summed E-state index contributed by atoms with van der Waals surface area (Å²) < 4.78 is 5.61. The summed E-state index contributed by atoms with van der Waals surface area (Å²) in [7, 11) is 0. The van der Waals surface area contributed by atoms with Crippen molar-refractivity contribution in [1.82, 2.24) is 10.2 Å². The van der Waals surface area contributed by atoms with Crippen molar-refractivity contribution in [3.8, 4) is 0 Å². The third kappa shape index (κ3) is 4.05. The van der Waals surface area contributed by atoms with Crippen molar-refractivity contribution in [2.24, 2.45) is 0 Å². The number of rotatable bonds is 3. The van der Waals surface area contributed by atoms with Crippen LogP contribution in [-0.4, -0.2) is 42.6 Å². The zero-order valence-electron chi connectivity index (χ0n) is 12.6. The molecule has 0 saturated carbocycles. The molecule has 1 N–H and O–H groups in total. The molecule has 4 nitrogen and oxygen atoms in total. The summed E-state index contributed by atoms with van der Waals surface area (Å²) in [6.07, 6.45) is 0. The van der Waals surface area contributed by atoms with Gasteiger partial charge in [-0.3, -0.25) is 4.90 Å². The Kier molecular flexibility index (Phi) is 4.78. The van der Waals surface area contributed by atoms with Crippen LogP contribution in [0.5, 0.6) is 0 Å². The Labute approximate surface area is 121 Å². The van der Waals surface area contributed by atoms with Gasteiger partial charge in [0.2, 0.25) is 0 Å². The molecule has 1 aliphatic rings. The highest BCUT2D eigenvalue weighted by Gasteiger charge is 2.32. The molecule has 1 aromatic rings. The van der Waals surface area contributed by atoms with Crippen LogP contribution in [0.3, 0.4) is 0 Å². The molecule has 0 spiro atoms. The molecule has 1 aliphatic heterocycles. The van der Waals surface area contributed by atoms with Crippen molar-refractivity contribution in [1.29, 1.82) is 0 Å². The molecule has 1 heterocycles. The number of carbonyl (C=O) groups is 1. The summed E-state index contributed by atoms with van der Waals surface area (Å²) in [5, 5.41) is 3.31. The van der Waals surface area contributed by atoms with Crippen LogP contribution in [-0.2, 0) is 9.53 Å². The van der Waals surface area contributed by atoms with Crippen molar-refractivity contribution in [2.45, 2.75) is 32.4 Å². The van der Waals surface area contributed by atoms with Crippen molar-refractivity contribution < 1.29 is 9.53 Å². The van der Waals surface area contributed by atoms with E-state index in [0.29, 0.717) is 0 Å². The van der Waals surface area contributed by atoms with Gasteiger partial charge in [0, 0.05) is 26.2 Å². The minimum Gasteiger partial charge on any atom is -0.459 e. The number of piperazine rings is 1. The average molecular weight is 276 g/mol. The number of hydrogen-bond acceptors (Lipinski definition) is 4. The van der Waals surface area contributed by atoms with Crippen LogP contribution in [0.1, 0.15) is 32.4 Å². The first kappa shape index (κ1) is 15.0. The van der Waals surface area contributed by atoms with Crippen LogP contribution < -0.4 is 5.32 Å². The minimum absolute atomic E-state index is 0.161. The maximum Gasteiger partial charge on any atom is 0.328 e. The quantitative estimate of drug-likeness (QED) is 0.857.